The van der Waals surface area contributed by atoms with Crippen molar-refractivity contribution in [3.63, 3.8) is 0 Å². The van der Waals surface area contributed by atoms with Gasteiger partial charge in [0, 0.05) is 28.1 Å². The van der Waals surface area contributed by atoms with Crippen molar-refractivity contribution in [2.24, 2.45) is 0 Å². The first-order valence-corrected chi connectivity index (χ1v) is 10.8. The number of rotatable bonds is 3. The second-order valence-electron chi connectivity index (χ2n) is 8.67. The second kappa shape index (κ2) is 11.5. The van der Waals surface area contributed by atoms with Gasteiger partial charge in [-0.25, -0.2) is 8.78 Å². The summed E-state index contributed by atoms with van der Waals surface area (Å²) in [6.45, 7) is 11.0. The summed E-state index contributed by atoms with van der Waals surface area (Å²) in [5.41, 5.74) is 0.593. The molecule has 0 aliphatic carbocycles. The average molecular weight is 453 g/mol. The minimum absolute atomic E-state index is 0.0581. The van der Waals surface area contributed by atoms with Crippen LogP contribution in [0.25, 0.3) is 11.1 Å². The lowest BCUT2D eigenvalue weighted by atomic mass is 9.82. The summed E-state index contributed by atoms with van der Waals surface area (Å²) in [5.74, 6) is -1.43. The van der Waals surface area contributed by atoms with Crippen molar-refractivity contribution in [2.75, 3.05) is 14.1 Å². The average Bonchev–Trinajstić information content (AvgIpc) is 3.15. The quantitative estimate of drug-likeness (QED) is 0.340. The Morgan fingerprint density at radius 1 is 1.10 bits per heavy atom. The van der Waals surface area contributed by atoms with Crippen LogP contribution in [0.1, 0.15) is 46.1 Å². The van der Waals surface area contributed by atoms with Crippen molar-refractivity contribution < 1.29 is 8.78 Å². The first-order chi connectivity index (χ1) is 14.5. The molecule has 0 radical (unpaired) electrons. The van der Waals surface area contributed by atoms with Gasteiger partial charge in [0.1, 0.15) is 16.7 Å². The van der Waals surface area contributed by atoms with Gasteiger partial charge in [-0.2, -0.15) is 5.10 Å². The molecule has 0 unspecified atom stereocenters. The molecule has 0 spiro atoms. The van der Waals surface area contributed by atoms with Gasteiger partial charge < -0.3 is 16.0 Å². The zero-order chi connectivity index (χ0) is 23.8. The first-order valence-electron chi connectivity index (χ1n) is 9.95. The number of halogens is 2. The van der Waals surface area contributed by atoms with Gasteiger partial charge in [0.05, 0.1) is 11.8 Å². The molecule has 1 aliphatic rings. The molecule has 6 nitrogen and oxygen atoms in total. The molecule has 31 heavy (non-hydrogen) atoms. The van der Waals surface area contributed by atoms with Crippen molar-refractivity contribution >= 4 is 23.5 Å². The molecule has 9 heteroatoms. The van der Waals surface area contributed by atoms with Crippen LogP contribution in [0.4, 0.5) is 8.78 Å². The van der Waals surface area contributed by atoms with Crippen molar-refractivity contribution in [1.29, 1.82) is 10.8 Å². The van der Waals surface area contributed by atoms with Gasteiger partial charge in [0.25, 0.3) is 0 Å². The molecule has 1 aromatic carbocycles. The highest BCUT2D eigenvalue weighted by Gasteiger charge is 2.38. The Balaban J connectivity index is 0.000000884. The number of nitrogens with zero attached hydrogens (tertiary/aromatic N) is 1. The molecule has 1 aromatic heterocycles. The molecular weight excluding hydrogens is 418 g/mol. The fourth-order valence-corrected chi connectivity index (χ4v) is 5.55. The Labute approximate surface area is 188 Å². The lowest BCUT2D eigenvalue weighted by molar-refractivity contribution is 0.189. The van der Waals surface area contributed by atoms with Crippen LogP contribution in [0.2, 0.25) is 0 Å². The van der Waals surface area contributed by atoms with E-state index < -0.39 is 11.6 Å². The van der Waals surface area contributed by atoms with Crippen LogP contribution in [0.15, 0.2) is 24.5 Å². The summed E-state index contributed by atoms with van der Waals surface area (Å²) in [7, 11) is 3.75. The number of aromatic amines is 1. The van der Waals surface area contributed by atoms with Gasteiger partial charge in [-0.15, -0.1) is 11.8 Å². The molecule has 1 aliphatic heterocycles. The van der Waals surface area contributed by atoms with Crippen LogP contribution in [0, 0.1) is 22.5 Å². The molecule has 1 fully saturated rings. The third-order valence-corrected chi connectivity index (χ3v) is 5.64. The summed E-state index contributed by atoms with van der Waals surface area (Å²) in [5, 5.41) is 26.6. The van der Waals surface area contributed by atoms with Gasteiger partial charge in [-0.1, -0.05) is 0 Å². The summed E-state index contributed by atoms with van der Waals surface area (Å²) in [6, 6.07) is 2.52. The SMILES string of the molecule is C=N.CC1(C)CC(SC(=N)c2c(F)cc(-c3cn[nH]c3)cc2F)CC(C)(C)N1.CNC. The van der Waals surface area contributed by atoms with Crippen molar-refractivity contribution in [2.45, 2.75) is 56.9 Å². The fraction of sp³-hybridized carbons (Fsp3) is 0.500. The van der Waals surface area contributed by atoms with Crippen LogP contribution in [-0.4, -0.2) is 52.4 Å². The van der Waals surface area contributed by atoms with Gasteiger partial charge in [0.2, 0.25) is 0 Å². The van der Waals surface area contributed by atoms with E-state index in [1.165, 1.54) is 30.1 Å². The lowest BCUT2D eigenvalue weighted by Crippen LogP contribution is -2.58. The largest absolute Gasteiger partial charge is 0.323 e. The molecule has 0 amide bonds. The van der Waals surface area contributed by atoms with Crippen molar-refractivity contribution in [3.8, 4) is 11.1 Å². The number of hydrogen-bond acceptors (Lipinski definition) is 6. The zero-order valence-corrected chi connectivity index (χ0v) is 19.9. The third kappa shape index (κ3) is 7.83. The van der Waals surface area contributed by atoms with Gasteiger partial charge in [-0.3, -0.25) is 10.5 Å². The number of aromatic nitrogens is 2. The molecule has 5 N–H and O–H groups in total. The Hall–Kier alpha value is -2.10. The molecular formula is C22H34F2N6S. The molecule has 2 heterocycles. The van der Waals surface area contributed by atoms with Crippen LogP contribution in [0.5, 0.6) is 0 Å². The van der Waals surface area contributed by atoms with Crippen LogP contribution in [-0.2, 0) is 0 Å². The monoisotopic (exact) mass is 452 g/mol. The van der Waals surface area contributed by atoms with E-state index in [0.717, 1.165) is 12.8 Å². The Morgan fingerprint density at radius 3 is 2.00 bits per heavy atom. The summed E-state index contributed by atoms with van der Waals surface area (Å²) in [4.78, 5) is 0. The predicted octanol–water partition coefficient (Wildman–Crippen LogP) is 4.82. The lowest BCUT2D eigenvalue weighted by Gasteiger charge is -2.46. The number of H-pyrrole nitrogens is 1. The highest BCUT2D eigenvalue weighted by Crippen LogP contribution is 2.37. The molecule has 1 saturated heterocycles. The number of hydrogen-bond donors (Lipinski definition) is 5. The topological polar surface area (TPSA) is 100 Å². The van der Waals surface area contributed by atoms with Gasteiger partial charge in [-0.05, 0) is 79.0 Å². The van der Waals surface area contributed by atoms with Crippen LogP contribution >= 0.6 is 11.8 Å². The summed E-state index contributed by atoms with van der Waals surface area (Å²) < 4.78 is 29.1. The number of benzene rings is 1. The Morgan fingerprint density at radius 2 is 1.58 bits per heavy atom. The van der Waals surface area contributed by atoms with Crippen molar-refractivity contribution in [3.05, 3.63) is 41.7 Å². The maximum atomic E-state index is 14.6. The Bertz CT molecular complexity index is 813. The van der Waals surface area contributed by atoms with Gasteiger partial charge in [0.15, 0.2) is 0 Å². The molecule has 172 valence electrons. The smallest absolute Gasteiger partial charge is 0.136 e. The van der Waals surface area contributed by atoms with E-state index in [1.54, 1.807) is 6.20 Å². The summed E-state index contributed by atoms with van der Waals surface area (Å²) in [6.07, 6.45) is 4.75. The molecule has 0 saturated carbocycles. The van der Waals surface area contributed by atoms with E-state index in [2.05, 4.69) is 55.2 Å². The number of nitrogens with one attached hydrogen (secondary N) is 5. The van der Waals surface area contributed by atoms with Crippen molar-refractivity contribution in [1.82, 2.24) is 20.8 Å². The first kappa shape index (κ1) is 26.9. The van der Waals surface area contributed by atoms with Crippen LogP contribution < -0.4 is 10.6 Å². The van der Waals surface area contributed by atoms with E-state index >= 15 is 0 Å². The molecule has 0 bridgehead atoms. The van der Waals surface area contributed by atoms with E-state index in [1.807, 2.05) is 14.1 Å². The molecule has 2 aromatic rings. The molecule has 0 atom stereocenters. The zero-order valence-electron chi connectivity index (χ0n) is 19.1. The third-order valence-electron chi connectivity index (χ3n) is 4.54. The summed E-state index contributed by atoms with van der Waals surface area (Å²) >= 11 is 1.25. The predicted molar refractivity (Wildman–Crippen MR) is 127 cm³/mol. The van der Waals surface area contributed by atoms with Crippen LogP contribution in [0.3, 0.4) is 0 Å². The normalized spacial score (nSPS) is 17.0. The highest BCUT2D eigenvalue weighted by atomic mass is 32.2. The fourth-order valence-electron chi connectivity index (χ4n) is 3.90. The number of thioether (sulfide) groups is 1. The minimum Gasteiger partial charge on any atom is -0.323 e. The van der Waals surface area contributed by atoms with Gasteiger partial charge >= 0.3 is 0 Å². The van der Waals surface area contributed by atoms with E-state index in [-0.39, 0.29) is 26.9 Å². The minimum atomic E-state index is -0.717. The molecule has 3 rings (SSSR count). The second-order valence-corrected chi connectivity index (χ2v) is 9.98. The van der Waals surface area contributed by atoms with E-state index in [0.29, 0.717) is 11.1 Å². The maximum Gasteiger partial charge on any atom is 0.136 e. The highest BCUT2D eigenvalue weighted by molar-refractivity contribution is 8.14. The number of piperidine rings is 1. The van der Waals surface area contributed by atoms with E-state index in [4.69, 9.17) is 10.8 Å². The standard InChI is InChI=1S/C19H24F2N4S.C2H7N.CH3N/c1-18(2)7-13(8-19(3,4)25-18)26-17(22)16-14(20)5-11(6-15(16)21)12-9-23-24-10-12;1-3-2;1-2/h5-6,9-10,13,22,25H,7-8H2,1-4H3,(H,23,24);3H,1-2H3;2H,1H2. The maximum absolute atomic E-state index is 14.6. The van der Waals surface area contributed by atoms with E-state index in [9.17, 15) is 8.78 Å². The Kier molecular flexibility index (Phi) is 9.99.